The molecule has 0 spiro atoms. The first kappa shape index (κ1) is 25.0. The van der Waals surface area contributed by atoms with Gasteiger partial charge in [0.2, 0.25) is 0 Å². The van der Waals surface area contributed by atoms with E-state index in [-0.39, 0.29) is 0 Å². The van der Waals surface area contributed by atoms with Gasteiger partial charge in [0.15, 0.2) is 10.3 Å². The number of pyridine rings is 1. The van der Waals surface area contributed by atoms with Crippen LogP contribution in [0.25, 0.3) is 33.3 Å². The molecule has 1 amide bonds. The molecule has 0 atom stereocenters. The summed E-state index contributed by atoms with van der Waals surface area (Å²) >= 11 is 3.61. The molecule has 0 aliphatic rings. The van der Waals surface area contributed by atoms with Crippen LogP contribution in [0.15, 0.2) is 63.8 Å². The molecule has 5 aromatic rings. The van der Waals surface area contributed by atoms with Crippen LogP contribution in [0, 0.1) is 6.92 Å². The zero-order valence-electron chi connectivity index (χ0n) is 21.5. The third kappa shape index (κ3) is 4.39. The van der Waals surface area contributed by atoms with Crippen molar-refractivity contribution in [1.29, 1.82) is 0 Å². The molecule has 190 valence electrons. The van der Waals surface area contributed by atoms with Crippen LogP contribution in [-0.2, 0) is 13.0 Å². The minimum absolute atomic E-state index is 0.577. The molecule has 3 heterocycles. The van der Waals surface area contributed by atoms with E-state index in [2.05, 4.69) is 51.5 Å². The lowest BCUT2D eigenvalue weighted by molar-refractivity contribution is 0.195. The molecular weight excluding hydrogens is 532 g/mol. The van der Waals surface area contributed by atoms with Crippen molar-refractivity contribution in [2.24, 2.45) is 0 Å². The number of anilines is 1. The summed E-state index contributed by atoms with van der Waals surface area (Å²) in [5.41, 5.74) is 4.68. The highest BCUT2D eigenvalue weighted by Gasteiger charge is 2.31. The van der Waals surface area contributed by atoms with Gasteiger partial charge in [-0.2, -0.15) is 0 Å². The van der Waals surface area contributed by atoms with Gasteiger partial charge in [-0.05, 0) is 79.0 Å². The molecule has 2 aromatic carbocycles. The van der Waals surface area contributed by atoms with Gasteiger partial charge in [-0.3, -0.25) is 4.90 Å². The predicted molar refractivity (Wildman–Crippen MR) is 150 cm³/mol. The predicted octanol–water partition coefficient (Wildman–Crippen LogP) is 7.81. The Balaban J connectivity index is 1.61. The summed E-state index contributed by atoms with van der Waals surface area (Å²) in [6.07, 6.45) is 1.62. The van der Waals surface area contributed by atoms with E-state index in [0.717, 1.165) is 50.9 Å². The van der Waals surface area contributed by atoms with Crippen LogP contribution in [0.4, 0.5) is 10.5 Å². The second-order valence-corrected chi connectivity index (χ2v) is 10.9. The topological polar surface area (TPSA) is 84.4 Å². The number of para-hydroxylation sites is 1. The molecular formula is C29H29BrN4O3. The van der Waals surface area contributed by atoms with E-state index < -0.39 is 11.6 Å². The zero-order valence-corrected chi connectivity index (χ0v) is 23.1. The third-order valence-corrected chi connectivity index (χ3v) is 7.14. The first-order valence-electron chi connectivity index (χ1n) is 12.2. The van der Waals surface area contributed by atoms with Gasteiger partial charge in [-0.25, -0.2) is 14.8 Å². The van der Waals surface area contributed by atoms with Gasteiger partial charge in [0.05, 0.1) is 12.2 Å². The van der Waals surface area contributed by atoms with E-state index >= 15 is 0 Å². The first-order chi connectivity index (χ1) is 17.6. The number of hydrogen-bond donors (Lipinski definition) is 1. The maximum Gasteiger partial charge on any atom is 0.412 e. The minimum Gasteiger partial charge on any atom is -0.465 e. The summed E-state index contributed by atoms with van der Waals surface area (Å²) in [6, 6.07) is 15.7. The Labute approximate surface area is 223 Å². The lowest BCUT2D eigenvalue weighted by atomic mass is 10.00. The van der Waals surface area contributed by atoms with Crippen molar-refractivity contribution in [2.45, 2.75) is 53.1 Å². The Hall–Kier alpha value is -3.65. The average molecular weight is 561 g/mol. The standard InChI is InChI=1S/C29H29BrN4O3/c1-6-23-32-24-17(2)13-14-31-27(24)33(23)16-18-11-12-19-21(15-18)26(30)37-25(19)20-9-7-8-10-22(20)34(28(35)36)29(3,4)5/h7-15H,6,16H2,1-5H3,(H,35,36). The summed E-state index contributed by atoms with van der Waals surface area (Å²) in [6.45, 7) is 10.4. The van der Waals surface area contributed by atoms with Gasteiger partial charge >= 0.3 is 6.09 Å². The van der Waals surface area contributed by atoms with Gasteiger partial charge < -0.3 is 14.1 Å². The summed E-state index contributed by atoms with van der Waals surface area (Å²) in [7, 11) is 0. The number of furan rings is 1. The lowest BCUT2D eigenvalue weighted by Gasteiger charge is -2.34. The van der Waals surface area contributed by atoms with E-state index in [1.165, 1.54) is 4.90 Å². The number of carboxylic acid groups (broad SMARTS) is 1. The second-order valence-electron chi connectivity index (χ2n) is 10.2. The second kappa shape index (κ2) is 9.34. The Kier molecular flexibility index (Phi) is 6.31. The number of benzene rings is 2. The third-order valence-electron chi connectivity index (χ3n) is 6.56. The van der Waals surface area contributed by atoms with Crippen molar-refractivity contribution in [1.82, 2.24) is 14.5 Å². The summed E-state index contributed by atoms with van der Waals surface area (Å²) in [5.74, 6) is 1.62. The number of halogens is 1. The SMILES string of the molecule is CCc1nc2c(C)ccnc2n1Cc1ccc2c(-c3ccccc3N(C(=O)O)C(C)(C)C)oc(Br)c2c1. The number of rotatable bonds is 5. The lowest BCUT2D eigenvalue weighted by Crippen LogP contribution is -2.45. The highest BCUT2D eigenvalue weighted by Crippen LogP contribution is 2.42. The zero-order chi connectivity index (χ0) is 26.5. The average Bonchev–Trinajstić information content (AvgIpc) is 3.36. The number of fused-ring (bicyclic) bond motifs is 2. The Morgan fingerprint density at radius 3 is 2.59 bits per heavy atom. The van der Waals surface area contributed by atoms with Crippen molar-refractivity contribution in [3.63, 3.8) is 0 Å². The van der Waals surface area contributed by atoms with Crippen LogP contribution in [0.2, 0.25) is 0 Å². The number of carbonyl (C=O) groups is 1. The molecule has 1 N–H and O–H groups in total. The molecule has 0 bridgehead atoms. The molecule has 0 saturated carbocycles. The van der Waals surface area contributed by atoms with Gasteiger partial charge in [0, 0.05) is 34.5 Å². The fourth-order valence-electron chi connectivity index (χ4n) is 4.86. The molecule has 0 radical (unpaired) electrons. The quantitative estimate of drug-likeness (QED) is 0.237. The van der Waals surface area contributed by atoms with Crippen LogP contribution in [0.5, 0.6) is 0 Å². The number of nitrogens with zero attached hydrogens (tertiary/aromatic N) is 4. The molecule has 0 unspecified atom stereocenters. The normalized spacial score (nSPS) is 11.9. The monoisotopic (exact) mass is 560 g/mol. The van der Waals surface area contributed by atoms with Crippen molar-refractivity contribution < 1.29 is 14.3 Å². The first-order valence-corrected chi connectivity index (χ1v) is 13.0. The van der Waals surface area contributed by atoms with E-state index in [0.29, 0.717) is 22.7 Å². The van der Waals surface area contributed by atoms with E-state index in [1.54, 1.807) is 0 Å². The summed E-state index contributed by atoms with van der Waals surface area (Å²) in [4.78, 5) is 23.1. The van der Waals surface area contributed by atoms with E-state index in [1.807, 2.05) is 63.4 Å². The molecule has 37 heavy (non-hydrogen) atoms. The van der Waals surface area contributed by atoms with Crippen LogP contribution in [-0.4, -0.2) is 31.3 Å². The van der Waals surface area contributed by atoms with E-state index in [4.69, 9.17) is 9.40 Å². The Morgan fingerprint density at radius 2 is 1.89 bits per heavy atom. The van der Waals surface area contributed by atoms with Gasteiger partial charge in [-0.1, -0.05) is 31.2 Å². The minimum atomic E-state index is -1.01. The van der Waals surface area contributed by atoms with Gasteiger partial charge in [0.1, 0.15) is 17.1 Å². The van der Waals surface area contributed by atoms with Crippen LogP contribution < -0.4 is 4.90 Å². The number of imidazole rings is 1. The maximum atomic E-state index is 12.2. The molecule has 0 fully saturated rings. The van der Waals surface area contributed by atoms with Gasteiger partial charge in [0.25, 0.3) is 0 Å². The smallest absolute Gasteiger partial charge is 0.412 e. The Morgan fingerprint density at radius 1 is 1.14 bits per heavy atom. The summed E-state index contributed by atoms with van der Waals surface area (Å²) in [5, 5.41) is 11.8. The molecule has 0 aliphatic carbocycles. The molecule has 3 aromatic heterocycles. The van der Waals surface area contributed by atoms with Crippen LogP contribution in [0.1, 0.15) is 44.6 Å². The van der Waals surface area contributed by atoms with Gasteiger partial charge in [-0.15, -0.1) is 0 Å². The highest BCUT2D eigenvalue weighted by atomic mass is 79.9. The van der Waals surface area contributed by atoms with E-state index in [9.17, 15) is 9.90 Å². The fourth-order valence-corrected chi connectivity index (χ4v) is 5.35. The van der Waals surface area contributed by atoms with Crippen molar-refractivity contribution in [3.05, 3.63) is 76.3 Å². The largest absolute Gasteiger partial charge is 0.465 e. The fraction of sp³-hybridized carbons (Fsp3) is 0.276. The van der Waals surface area contributed by atoms with Crippen molar-refractivity contribution in [2.75, 3.05) is 4.90 Å². The van der Waals surface area contributed by atoms with Crippen molar-refractivity contribution in [3.8, 4) is 11.3 Å². The number of aromatic nitrogens is 3. The summed E-state index contributed by atoms with van der Waals surface area (Å²) < 4.78 is 8.99. The van der Waals surface area contributed by atoms with Crippen LogP contribution >= 0.6 is 15.9 Å². The molecule has 8 heteroatoms. The number of aryl methyl sites for hydroxylation is 2. The molecule has 5 rings (SSSR count). The molecule has 0 saturated heterocycles. The highest BCUT2D eigenvalue weighted by molar-refractivity contribution is 9.10. The number of hydrogen-bond acceptors (Lipinski definition) is 4. The number of amides is 1. The Bertz CT molecular complexity index is 1640. The molecule has 7 nitrogen and oxygen atoms in total. The van der Waals surface area contributed by atoms with Crippen molar-refractivity contribution >= 4 is 49.6 Å². The maximum absolute atomic E-state index is 12.2. The molecule has 0 aliphatic heterocycles. The van der Waals surface area contributed by atoms with Crippen LogP contribution in [0.3, 0.4) is 0 Å².